The largest absolute Gasteiger partial charge is 0.369 e. The number of piperidine rings is 1. The molecule has 1 N–H and O–H groups in total. The molecule has 2 heterocycles. The van der Waals surface area contributed by atoms with Crippen LogP contribution in [0.2, 0.25) is 0 Å². The topological polar surface area (TPSA) is 64.9 Å². The van der Waals surface area contributed by atoms with E-state index in [1.807, 2.05) is 48.5 Å². The van der Waals surface area contributed by atoms with E-state index in [2.05, 4.69) is 51.3 Å². The van der Waals surface area contributed by atoms with Crippen molar-refractivity contribution in [3.05, 3.63) is 100 Å². The summed E-state index contributed by atoms with van der Waals surface area (Å²) in [4.78, 5) is 19.1. The number of nitro benzene ring substituents is 1. The summed E-state index contributed by atoms with van der Waals surface area (Å²) < 4.78 is 0. The SMILES string of the molecule is CN1CCC(N2CCN(c3ccc([N+](=O)[O-])c(NC(c4ccccc4)c4ccccc4)c3)CC2)CC1. The second-order valence-electron chi connectivity index (χ2n) is 9.91. The number of nitrogens with zero attached hydrogens (tertiary/aromatic N) is 4. The van der Waals surface area contributed by atoms with Crippen molar-refractivity contribution >= 4 is 17.1 Å². The summed E-state index contributed by atoms with van der Waals surface area (Å²) in [5, 5.41) is 15.5. The lowest BCUT2D eigenvalue weighted by atomic mass is 9.98. The fourth-order valence-corrected chi connectivity index (χ4v) is 5.51. The fourth-order valence-electron chi connectivity index (χ4n) is 5.51. The first kappa shape index (κ1) is 24.3. The number of rotatable bonds is 7. The third-order valence-corrected chi connectivity index (χ3v) is 7.63. The van der Waals surface area contributed by atoms with E-state index in [0.717, 1.165) is 43.0 Å². The van der Waals surface area contributed by atoms with Gasteiger partial charge in [-0.15, -0.1) is 0 Å². The van der Waals surface area contributed by atoms with Gasteiger partial charge in [-0.25, -0.2) is 0 Å². The molecule has 3 aromatic carbocycles. The molecular formula is C29H35N5O2. The Labute approximate surface area is 213 Å². The van der Waals surface area contributed by atoms with Gasteiger partial charge in [0, 0.05) is 44.0 Å². The molecule has 36 heavy (non-hydrogen) atoms. The maximum Gasteiger partial charge on any atom is 0.292 e. The predicted octanol–water partition coefficient (Wildman–Crippen LogP) is 5.01. The summed E-state index contributed by atoms with van der Waals surface area (Å²) in [6, 6.07) is 26.2. The normalized spacial score (nSPS) is 17.9. The van der Waals surface area contributed by atoms with Crippen LogP contribution in [-0.4, -0.2) is 67.1 Å². The van der Waals surface area contributed by atoms with E-state index in [1.54, 1.807) is 6.07 Å². The quantitative estimate of drug-likeness (QED) is 0.375. The lowest BCUT2D eigenvalue weighted by Gasteiger charge is -2.43. The highest BCUT2D eigenvalue weighted by atomic mass is 16.6. The van der Waals surface area contributed by atoms with Crippen LogP contribution in [-0.2, 0) is 0 Å². The number of hydrogen-bond donors (Lipinski definition) is 1. The molecule has 0 spiro atoms. The molecule has 2 aliphatic rings. The number of likely N-dealkylation sites (tertiary alicyclic amines) is 1. The van der Waals surface area contributed by atoms with Crippen LogP contribution >= 0.6 is 0 Å². The monoisotopic (exact) mass is 485 g/mol. The van der Waals surface area contributed by atoms with Crippen molar-refractivity contribution in [1.29, 1.82) is 0 Å². The van der Waals surface area contributed by atoms with Crippen LogP contribution < -0.4 is 10.2 Å². The van der Waals surface area contributed by atoms with Crippen molar-refractivity contribution in [1.82, 2.24) is 9.80 Å². The molecule has 0 aliphatic carbocycles. The molecule has 0 atom stereocenters. The number of nitro groups is 1. The minimum atomic E-state index is -0.294. The highest BCUT2D eigenvalue weighted by Crippen LogP contribution is 2.35. The van der Waals surface area contributed by atoms with Crippen molar-refractivity contribution in [2.45, 2.75) is 24.9 Å². The molecule has 2 fully saturated rings. The Morgan fingerprint density at radius 2 is 1.42 bits per heavy atom. The average molecular weight is 486 g/mol. The van der Waals surface area contributed by atoms with Gasteiger partial charge in [0.05, 0.1) is 11.0 Å². The summed E-state index contributed by atoms with van der Waals surface area (Å²) in [5.41, 5.74) is 3.81. The van der Waals surface area contributed by atoms with Gasteiger partial charge < -0.3 is 15.1 Å². The van der Waals surface area contributed by atoms with E-state index in [4.69, 9.17) is 0 Å². The zero-order valence-corrected chi connectivity index (χ0v) is 20.9. The maximum atomic E-state index is 11.9. The molecule has 3 aromatic rings. The van der Waals surface area contributed by atoms with Gasteiger partial charge in [-0.3, -0.25) is 15.0 Å². The van der Waals surface area contributed by atoms with Crippen LogP contribution in [0.4, 0.5) is 17.1 Å². The number of benzene rings is 3. The van der Waals surface area contributed by atoms with Crippen LogP contribution in [0, 0.1) is 10.1 Å². The second-order valence-corrected chi connectivity index (χ2v) is 9.91. The van der Waals surface area contributed by atoms with Crippen LogP contribution in [0.25, 0.3) is 0 Å². The van der Waals surface area contributed by atoms with Crippen molar-refractivity contribution in [2.75, 3.05) is 56.5 Å². The van der Waals surface area contributed by atoms with Gasteiger partial charge in [0.2, 0.25) is 0 Å². The number of nitrogens with one attached hydrogen (secondary N) is 1. The van der Waals surface area contributed by atoms with Crippen molar-refractivity contribution in [3.8, 4) is 0 Å². The summed E-state index contributed by atoms with van der Waals surface area (Å²) >= 11 is 0. The Bertz CT molecular complexity index is 1100. The summed E-state index contributed by atoms with van der Waals surface area (Å²) in [6.45, 7) is 6.28. The lowest BCUT2D eigenvalue weighted by Crippen LogP contribution is -2.53. The maximum absolute atomic E-state index is 11.9. The smallest absolute Gasteiger partial charge is 0.292 e. The van der Waals surface area contributed by atoms with Crippen LogP contribution in [0.15, 0.2) is 78.9 Å². The van der Waals surface area contributed by atoms with Gasteiger partial charge >= 0.3 is 0 Å². The molecule has 188 valence electrons. The van der Waals surface area contributed by atoms with Gasteiger partial charge in [-0.05, 0) is 56.2 Å². The van der Waals surface area contributed by atoms with E-state index in [9.17, 15) is 10.1 Å². The highest BCUT2D eigenvalue weighted by molar-refractivity contribution is 5.70. The fraction of sp³-hybridized carbons (Fsp3) is 0.379. The summed E-state index contributed by atoms with van der Waals surface area (Å²) in [6.07, 6.45) is 2.48. The molecule has 7 heteroatoms. The van der Waals surface area contributed by atoms with Crippen LogP contribution in [0.1, 0.15) is 30.0 Å². The molecule has 0 amide bonds. The zero-order chi connectivity index (χ0) is 24.9. The van der Waals surface area contributed by atoms with Crippen LogP contribution in [0.3, 0.4) is 0 Å². The van der Waals surface area contributed by atoms with Crippen molar-refractivity contribution < 1.29 is 4.92 Å². The lowest BCUT2D eigenvalue weighted by molar-refractivity contribution is -0.384. The third kappa shape index (κ3) is 5.53. The van der Waals surface area contributed by atoms with Crippen LogP contribution in [0.5, 0.6) is 0 Å². The van der Waals surface area contributed by atoms with E-state index >= 15 is 0 Å². The minimum Gasteiger partial charge on any atom is -0.369 e. The third-order valence-electron chi connectivity index (χ3n) is 7.63. The molecule has 0 bridgehead atoms. The van der Waals surface area contributed by atoms with Gasteiger partial charge in [-0.2, -0.15) is 0 Å². The van der Waals surface area contributed by atoms with Gasteiger partial charge in [0.1, 0.15) is 5.69 Å². The Morgan fingerprint density at radius 3 is 1.97 bits per heavy atom. The first-order chi connectivity index (χ1) is 17.6. The summed E-state index contributed by atoms with van der Waals surface area (Å²) in [7, 11) is 2.20. The number of anilines is 2. The van der Waals surface area contributed by atoms with E-state index in [-0.39, 0.29) is 16.7 Å². The van der Waals surface area contributed by atoms with Gasteiger partial charge in [0.15, 0.2) is 0 Å². The molecule has 5 rings (SSSR count). The average Bonchev–Trinajstić information content (AvgIpc) is 2.93. The zero-order valence-electron chi connectivity index (χ0n) is 20.9. The van der Waals surface area contributed by atoms with Crippen molar-refractivity contribution in [3.63, 3.8) is 0 Å². The standard InChI is InChI=1S/C29H35N5O2/c1-31-16-14-25(15-17-31)32-18-20-33(21-19-32)26-12-13-28(34(35)36)27(22-26)30-29(23-8-4-2-5-9-23)24-10-6-3-7-11-24/h2-13,22,25,29-30H,14-21H2,1H3. The Kier molecular flexibility index (Phi) is 7.49. The number of hydrogen-bond acceptors (Lipinski definition) is 6. The first-order valence-electron chi connectivity index (χ1n) is 12.9. The Hall–Kier alpha value is -3.42. The predicted molar refractivity (Wildman–Crippen MR) is 146 cm³/mol. The van der Waals surface area contributed by atoms with E-state index in [0.29, 0.717) is 11.7 Å². The molecule has 2 aliphatic heterocycles. The Balaban J connectivity index is 1.36. The Morgan fingerprint density at radius 1 is 0.833 bits per heavy atom. The molecule has 0 saturated carbocycles. The highest BCUT2D eigenvalue weighted by Gasteiger charge is 2.28. The molecule has 0 aromatic heterocycles. The van der Waals surface area contributed by atoms with E-state index < -0.39 is 0 Å². The van der Waals surface area contributed by atoms with E-state index in [1.165, 1.54) is 25.9 Å². The molecule has 0 unspecified atom stereocenters. The summed E-state index contributed by atoms with van der Waals surface area (Å²) in [5.74, 6) is 0. The molecule has 7 nitrogen and oxygen atoms in total. The molecular weight excluding hydrogens is 450 g/mol. The second kappa shape index (κ2) is 11.1. The number of piperazine rings is 1. The molecule has 0 radical (unpaired) electrons. The van der Waals surface area contributed by atoms with Gasteiger partial charge in [0.25, 0.3) is 5.69 Å². The molecule has 2 saturated heterocycles. The first-order valence-corrected chi connectivity index (χ1v) is 12.9. The van der Waals surface area contributed by atoms with Crippen molar-refractivity contribution in [2.24, 2.45) is 0 Å². The minimum absolute atomic E-state index is 0.0978. The van der Waals surface area contributed by atoms with Gasteiger partial charge in [-0.1, -0.05) is 60.7 Å².